The lowest BCUT2D eigenvalue weighted by Gasteiger charge is -2.15. The second-order valence-corrected chi connectivity index (χ2v) is 9.58. The highest BCUT2D eigenvalue weighted by atomic mass is 19.1. The van der Waals surface area contributed by atoms with Gasteiger partial charge in [-0.05, 0) is 67.8 Å². The van der Waals surface area contributed by atoms with Crippen molar-refractivity contribution in [2.24, 2.45) is 0 Å². The maximum atomic E-state index is 15.3. The Balaban J connectivity index is 1.78. The van der Waals surface area contributed by atoms with E-state index in [0.717, 1.165) is 0 Å². The van der Waals surface area contributed by atoms with Gasteiger partial charge in [-0.15, -0.1) is 0 Å². The van der Waals surface area contributed by atoms with Gasteiger partial charge in [0.2, 0.25) is 0 Å². The predicted octanol–water partition coefficient (Wildman–Crippen LogP) is 6.64. The fourth-order valence-electron chi connectivity index (χ4n) is 3.56. The number of hydrogen-bond acceptors (Lipinski definition) is 8. The first-order valence-electron chi connectivity index (χ1n) is 13.3. The first-order chi connectivity index (χ1) is 20.5. The topological polar surface area (TPSA) is 97.4 Å². The highest BCUT2D eigenvalue weighted by Crippen LogP contribution is 2.35. The van der Waals surface area contributed by atoms with Crippen LogP contribution in [-0.2, 0) is 23.9 Å². The van der Waals surface area contributed by atoms with E-state index in [1.165, 1.54) is 6.07 Å². The Hall–Kier alpha value is -5.18. The van der Waals surface area contributed by atoms with Crippen LogP contribution in [-0.4, -0.2) is 44.3 Å². The van der Waals surface area contributed by atoms with Gasteiger partial charge in [0.05, 0.1) is 0 Å². The summed E-state index contributed by atoms with van der Waals surface area (Å²) in [6.45, 7) is 15.3. The molecule has 3 rings (SSSR count). The Labute approximate surface area is 250 Å². The molecule has 0 saturated carbocycles. The molecule has 3 aromatic carbocycles. The van der Waals surface area contributed by atoms with Crippen LogP contribution in [0.1, 0.15) is 20.8 Å². The van der Waals surface area contributed by atoms with Gasteiger partial charge in [0, 0.05) is 22.3 Å². The zero-order chi connectivity index (χ0) is 31.5. The van der Waals surface area contributed by atoms with E-state index in [1.807, 2.05) is 0 Å². The van der Waals surface area contributed by atoms with Crippen LogP contribution in [0.4, 0.5) is 4.39 Å². The Bertz CT molecular complexity index is 1540. The highest BCUT2D eigenvalue weighted by molar-refractivity contribution is 5.89. The molecule has 3 aromatic rings. The monoisotopic (exact) mass is 588 g/mol. The molecular formula is C34H33FO8. The standard InChI is InChI=1S/C34H33FO8/c1-21(2)32(36)41-17-15-39-30-14-10-26(20-31(30)40-16-18-42-33(37)22(3)4)25-9-13-28(29(35)19-25)24-7-11-27(12-8-24)43-34(38)23(5)6/h7-14,19-20H,1,3,5,15-18H2,2,4,6H3. The molecule has 0 aliphatic heterocycles. The Kier molecular flexibility index (Phi) is 11.4. The molecule has 0 aromatic heterocycles. The summed E-state index contributed by atoms with van der Waals surface area (Å²) in [6, 6.07) is 16.4. The fourth-order valence-corrected chi connectivity index (χ4v) is 3.56. The van der Waals surface area contributed by atoms with Crippen molar-refractivity contribution in [3.63, 3.8) is 0 Å². The van der Waals surface area contributed by atoms with Crippen molar-refractivity contribution in [3.8, 4) is 39.5 Å². The van der Waals surface area contributed by atoms with Crippen LogP contribution in [0, 0.1) is 5.82 Å². The lowest BCUT2D eigenvalue weighted by Crippen LogP contribution is -2.14. The quantitative estimate of drug-likeness (QED) is 0.0895. The molecule has 0 unspecified atom stereocenters. The molecule has 43 heavy (non-hydrogen) atoms. The minimum Gasteiger partial charge on any atom is -0.486 e. The maximum absolute atomic E-state index is 15.3. The van der Waals surface area contributed by atoms with E-state index in [-0.39, 0.29) is 43.1 Å². The van der Waals surface area contributed by atoms with Gasteiger partial charge in [-0.2, -0.15) is 0 Å². The lowest BCUT2D eigenvalue weighted by atomic mass is 9.99. The van der Waals surface area contributed by atoms with Gasteiger partial charge in [-0.25, -0.2) is 18.8 Å². The summed E-state index contributed by atoms with van der Waals surface area (Å²) in [7, 11) is 0. The van der Waals surface area contributed by atoms with Crippen LogP contribution in [0.25, 0.3) is 22.3 Å². The molecule has 0 radical (unpaired) electrons. The third kappa shape index (κ3) is 9.43. The van der Waals surface area contributed by atoms with Crippen molar-refractivity contribution in [3.05, 3.63) is 103 Å². The van der Waals surface area contributed by atoms with Crippen LogP contribution >= 0.6 is 0 Å². The largest absolute Gasteiger partial charge is 0.486 e. The van der Waals surface area contributed by atoms with Crippen molar-refractivity contribution in [2.45, 2.75) is 20.8 Å². The average molecular weight is 589 g/mol. The Morgan fingerprint density at radius 3 is 1.63 bits per heavy atom. The molecule has 0 aliphatic carbocycles. The molecule has 0 fully saturated rings. The summed E-state index contributed by atoms with van der Waals surface area (Å²) in [5, 5.41) is 0. The normalized spacial score (nSPS) is 10.3. The molecule has 0 N–H and O–H groups in total. The van der Waals surface area contributed by atoms with Crippen molar-refractivity contribution in [1.82, 2.24) is 0 Å². The molecule has 0 aliphatic rings. The zero-order valence-electron chi connectivity index (χ0n) is 24.4. The number of esters is 3. The average Bonchev–Trinajstić information content (AvgIpc) is 2.97. The number of hydrogen-bond donors (Lipinski definition) is 0. The van der Waals surface area contributed by atoms with E-state index < -0.39 is 23.7 Å². The smallest absolute Gasteiger partial charge is 0.338 e. The lowest BCUT2D eigenvalue weighted by molar-refractivity contribution is -0.140. The molecule has 8 nitrogen and oxygen atoms in total. The number of benzene rings is 3. The first kappa shape index (κ1) is 32.3. The van der Waals surface area contributed by atoms with Crippen molar-refractivity contribution < 1.29 is 42.5 Å². The van der Waals surface area contributed by atoms with E-state index in [4.69, 9.17) is 23.7 Å². The summed E-state index contributed by atoms with van der Waals surface area (Å²) in [5.41, 5.74) is 3.00. The Morgan fingerprint density at radius 1 is 0.605 bits per heavy atom. The molecule has 0 saturated heterocycles. The second-order valence-electron chi connectivity index (χ2n) is 9.58. The van der Waals surface area contributed by atoms with Gasteiger partial charge in [0.1, 0.15) is 38.0 Å². The van der Waals surface area contributed by atoms with Crippen LogP contribution in [0.15, 0.2) is 97.1 Å². The number of carbonyl (C=O) groups excluding carboxylic acids is 3. The molecule has 0 heterocycles. The van der Waals surface area contributed by atoms with Gasteiger partial charge >= 0.3 is 17.9 Å². The third-order valence-corrected chi connectivity index (χ3v) is 5.82. The molecular weight excluding hydrogens is 555 g/mol. The van der Waals surface area contributed by atoms with Crippen LogP contribution in [0.2, 0.25) is 0 Å². The van der Waals surface area contributed by atoms with Crippen LogP contribution in [0.3, 0.4) is 0 Å². The summed E-state index contributed by atoms with van der Waals surface area (Å²) in [6.07, 6.45) is 0. The highest BCUT2D eigenvalue weighted by Gasteiger charge is 2.13. The van der Waals surface area contributed by atoms with Crippen LogP contribution < -0.4 is 14.2 Å². The van der Waals surface area contributed by atoms with E-state index in [0.29, 0.717) is 39.5 Å². The maximum Gasteiger partial charge on any atom is 0.338 e. The van der Waals surface area contributed by atoms with Crippen molar-refractivity contribution in [2.75, 3.05) is 26.4 Å². The predicted molar refractivity (Wildman–Crippen MR) is 160 cm³/mol. The fraction of sp³-hybridized carbons (Fsp3) is 0.206. The van der Waals surface area contributed by atoms with Gasteiger partial charge in [0.15, 0.2) is 11.5 Å². The minimum absolute atomic E-state index is 0.00685. The first-order valence-corrected chi connectivity index (χ1v) is 13.3. The molecule has 0 amide bonds. The van der Waals surface area contributed by atoms with E-state index in [1.54, 1.807) is 75.4 Å². The number of ether oxygens (including phenoxy) is 5. The molecule has 0 bridgehead atoms. The van der Waals surface area contributed by atoms with Gasteiger partial charge < -0.3 is 23.7 Å². The van der Waals surface area contributed by atoms with Crippen molar-refractivity contribution >= 4 is 17.9 Å². The Morgan fingerprint density at radius 2 is 1.09 bits per heavy atom. The molecule has 9 heteroatoms. The van der Waals surface area contributed by atoms with Gasteiger partial charge in [-0.1, -0.05) is 50.1 Å². The summed E-state index contributed by atoms with van der Waals surface area (Å²) in [5.74, 6) is -1.06. The van der Waals surface area contributed by atoms with Gasteiger partial charge in [-0.3, -0.25) is 0 Å². The SMILES string of the molecule is C=C(C)C(=O)OCCOc1ccc(-c2ccc(-c3ccc(OC(=O)C(=C)C)cc3)c(F)c2)cc1OCCOC(=O)C(=C)C. The van der Waals surface area contributed by atoms with Crippen LogP contribution in [0.5, 0.6) is 17.2 Å². The second kappa shape index (κ2) is 15.2. The molecule has 0 atom stereocenters. The number of halogens is 1. The van der Waals surface area contributed by atoms with Gasteiger partial charge in [0.25, 0.3) is 0 Å². The third-order valence-electron chi connectivity index (χ3n) is 5.82. The summed E-state index contributed by atoms with van der Waals surface area (Å²) in [4.78, 5) is 35.0. The minimum atomic E-state index is -0.540. The zero-order valence-corrected chi connectivity index (χ0v) is 24.4. The van der Waals surface area contributed by atoms with E-state index >= 15 is 4.39 Å². The van der Waals surface area contributed by atoms with Crippen molar-refractivity contribution in [1.29, 1.82) is 0 Å². The molecule has 0 spiro atoms. The summed E-state index contributed by atoms with van der Waals surface area (Å²) < 4.78 is 42.2. The summed E-state index contributed by atoms with van der Waals surface area (Å²) >= 11 is 0. The molecule has 224 valence electrons. The number of carbonyl (C=O) groups is 3. The number of rotatable bonds is 14. The van der Waals surface area contributed by atoms with E-state index in [2.05, 4.69) is 19.7 Å². The van der Waals surface area contributed by atoms with E-state index in [9.17, 15) is 14.4 Å².